The summed E-state index contributed by atoms with van der Waals surface area (Å²) in [6, 6.07) is 4.25. The van der Waals surface area contributed by atoms with Crippen LogP contribution in [-0.2, 0) is 16.0 Å². The molecular formula is C18H22N2O3S. The van der Waals surface area contributed by atoms with Crippen molar-refractivity contribution in [3.8, 4) is 11.3 Å². The molecule has 0 atom stereocenters. The highest BCUT2D eigenvalue weighted by molar-refractivity contribution is 7.16. The number of benzene rings is 1. The van der Waals surface area contributed by atoms with Gasteiger partial charge in [0, 0.05) is 23.5 Å². The summed E-state index contributed by atoms with van der Waals surface area (Å²) < 4.78 is 5.40. The number of hydrogen-bond donors (Lipinski definition) is 1. The van der Waals surface area contributed by atoms with Gasteiger partial charge in [-0.3, -0.25) is 4.79 Å². The molecule has 0 bridgehead atoms. The number of anilines is 1. The van der Waals surface area contributed by atoms with Crippen molar-refractivity contribution in [2.75, 3.05) is 31.2 Å². The van der Waals surface area contributed by atoms with Crippen molar-refractivity contribution in [1.82, 2.24) is 4.98 Å². The number of aromatic nitrogens is 1. The number of carboxylic acids is 1. The van der Waals surface area contributed by atoms with Crippen molar-refractivity contribution in [2.45, 2.75) is 27.2 Å². The number of carboxylic acid groups (broad SMARTS) is 1. The third-order valence-electron chi connectivity index (χ3n) is 4.19. The zero-order valence-corrected chi connectivity index (χ0v) is 15.1. The van der Waals surface area contributed by atoms with Crippen LogP contribution < -0.4 is 4.90 Å². The van der Waals surface area contributed by atoms with Gasteiger partial charge in [-0.25, -0.2) is 4.98 Å². The predicted molar refractivity (Wildman–Crippen MR) is 96.1 cm³/mol. The van der Waals surface area contributed by atoms with E-state index < -0.39 is 5.97 Å². The second-order valence-corrected chi connectivity index (χ2v) is 7.27. The molecule has 3 rings (SSSR count). The fraction of sp³-hybridized carbons (Fsp3) is 0.444. The van der Waals surface area contributed by atoms with Gasteiger partial charge in [-0.1, -0.05) is 17.7 Å². The number of rotatable bonds is 4. The van der Waals surface area contributed by atoms with Crippen LogP contribution in [0.5, 0.6) is 0 Å². The van der Waals surface area contributed by atoms with Crippen molar-refractivity contribution >= 4 is 22.4 Å². The zero-order valence-electron chi connectivity index (χ0n) is 14.3. The van der Waals surface area contributed by atoms with E-state index in [0.29, 0.717) is 13.2 Å². The molecule has 1 saturated heterocycles. The Kier molecular flexibility index (Phi) is 4.87. The number of aryl methyl sites for hydroxylation is 3. The first-order chi connectivity index (χ1) is 11.5. The molecule has 6 heteroatoms. The second-order valence-electron chi connectivity index (χ2n) is 6.21. The zero-order chi connectivity index (χ0) is 17.3. The minimum absolute atomic E-state index is 0.00406. The normalized spacial score (nSPS) is 14.9. The molecule has 1 aromatic heterocycles. The van der Waals surface area contributed by atoms with E-state index in [0.717, 1.165) is 45.5 Å². The minimum Gasteiger partial charge on any atom is -0.481 e. The molecule has 1 N–H and O–H groups in total. The predicted octanol–water partition coefficient (Wildman–Crippen LogP) is 3.20. The molecule has 0 spiro atoms. The summed E-state index contributed by atoms with van der Waals surface area (Å²) in [6.45, 7) is 9.16. The monoisotopic (exact) mass is 346 g/mol. The smallest absolute Gasteiger partial charge is 0.308 e. The van der Waals surface area contributed by atoms with Crippen molar-refractivity contribution < 1.29 is 14.6 Å². The number of nitrogens with zero attached hydrogens (tertiary/aromatic N) is 2. The fourth-order valence-corrected chi connectivity index (χ4v) is 4.34. The van der Waals surface area contributed by atoms with E-state index >= 15 is 0 Å². The van der Waals surface area contributed by atoms with E-state index in [2.05, 4.69) is 37.8 Å². The van der Waals surface area contributed by atoms with Crippen LogP contribution in [0, 0.1) is 20.8 Å². The largest absolute Gasteiger partial charge is 0.481 e. The third-order valence-corrected chi connectivity index (χ3v) is 5.31. The van der Waals surface area contributed by atoms with Gasteiger partial charge in [0.05, 0.1) is 25.3 Å². The van der Waals surface area contributed by atoms with Crippen LogP contribution in [0.15, 0.2) is 12.1 Å². The van der Waals surface area contributed by atoms with E-state index in [9.17, 15) is 9.90 Å². The minimum atomic E-state index is -0.823. The maximum absolute atomic E-state index is 11.3. The van der Waals surface area contributed by atoms with Crippen LogP contribution in [0.25, 0.3) is 11.3 Å². The molecule has 1 fully saturated rings. The maximum Gasteiger partial charge on any atom is 0.308 e. The molecule has 0 saturated carbocycles. The fourth-order valence-electron chi connectivity index (χ4n) is 3.24. The van der Waals surface area contributed by atoms with Gasteiger partial charge in [0.25, 0.3) is 0 Å². The summed E-state index contributed by atoms with van der Waals surface area (Å²) >= 11 is 1.49. The van der Waals surface area contributed by atoms with Gasteiger partial charge < -0.3 is 14.7 Å². The lowest BCUT2D eigenvalue weighted by molar-refractivity contribution is -0.136. The Bertz CT molecular complexity index is 741. The van der Waals surface area contributed by atoms with Crippen molar-refractivity contribution in [3.63, 3.8) is 0 Å². The van der Waals surface area contributed by atoms with Gasteiger partial charge in [0.15, 0.2) is 5.13 Å². The molecule has 0 aliphatic carbocycles. The average molecular weight is 346 g/mol. The van der Waals surface area contributed by atoms with Gasteiger partial charge in [-0.15, -0.1) is 11.3 Å². The first-order valence-corrected chi connectivity index (χ1v) is 8.89. The highest BCUT2D eigenvalue weighted by atomic mass is 32.1. The Morgan fingerprint density at radius 2 is 1.88 bits per heavy atom. The molecule has 2 heterocycles. The first-order valence-electron chi connectivity index (χ1n) is 8.08. The Hall–Kier alpha value is -1.92. The van der Waals surface area contributed by atoms with Crippen LogP contribution >= 0.6 is 11.3 Å². The van der Waals surface area contributed by atoms with E-state index in [4.69, 9.17) is 9.72 Å². The molecule has 24 heavy (non-hydrogen) atoms. The quantitative estimate of drug-likeness (QED) is 0.921. The highest BCUT2D eigenvalue weighted by Crippen LogP contribution is 2.37. The second kappa shape index (κ2) is 6.91. The summed E-state index contributed by atoms with van der Waals surface area (Å²) in [5.41, 5.74) is 5.36. The van der Waals surface area contributed by atoms with Crippen LogP contribution in [-0.4, -0.2) is 42.4 Å². The van der Waals surface area contributed by atoms with E-state index in [1.807, 2.05) is 0 Å². The molecule has 5 nitrogen and oxygen atoms in total. The Morgan fingerprint density at radius 3 is 2.46 bits per heavy atom. The summed E-state index contributed by atoms with van der Waals surface area (Å²) in [4.78, 5) is 19.1. The maximum atomic E-state index is 11.3. The molecule has 1 aliphatic heterocycles. The topological polar surface area (TPSA) is 62.7 Å². The molecule has 1 aliphatic rings. The summed E-state index contributed by atoms with van der Waals surface area (Å²) in [5.74, 6) is -0.823. The number of morpholine rings is 1. The van der Waals surface area contributed by atoms with Crippen LogP contribution in [0.1, 0.15) is 21.6 Å². The number of carbonyl (C=O) groups is 1. The molecule has 0 unspecified atom stereocenters. The molecule has 1 aromatic carbocycles. The van der Waals surface area contributed by atoms with Gasteiger partial charge >= 0.3 is 5.97 Å². The van der Waals surface area contributed by atoms with Gasteiger partial charge in [-0.05, 0) is 31.9 Å². The van der Waals surface area contributed by atoms with E-state index in [-0.39, 0.29) is 6.42 Å². The number of ether oxygens (including phenoxy) is 1. The molecule has 128 valence electrons. The molecule has 0 radical (unpaired) electrons. The lowest BCUT2D eigenvalue weighted by Crippen LogP contribution is -2.36. The van der Waals surface area contributed by atoms with E-state index in [1.54, 1.807) is 0 Å². The molecule has 2 aromatic rings. The molecule has 0 amide bonds. The summed E-state index contributed by atoms with van der Waals surface area (Å²) in [6.07, 6.45) is 0.00406. The van der Waals surface area contributed by atoms with Gasteiger partial charge in [-0.2, -0.15) is 0 Å². The lowest BCUT2D eigenvalue weighted by atomic mass is 9.96. The van der Waals surface area contributed by atoms with Crippen molar-refractivity contribution in [3.05, 3.63) is 33.7 Å². The van der Waals surface area contributed by atoms with Crippen LogP contribution in [0.2, 0.25) is 0 Å². The lowest BCUT2D eigenvalue weighted by Gasteiger charge is -2.26. The van der Waals surface area contributed by atoms with Gasteiger partial charge in [0.1, 0.15) is 0 Å². The number of aliphatic carboxylic acids is 1. The number of hydrogen-bond acceptors (Lipinski definition) is 5. The average Bonchev–Trinajstić information content (AvgIpc) is 2.90. The Balaban J connectivity index is 2.08. The number of thiazole rings is 1. The Morgan fingerprint density at radius 1 is 1.25 bits per heavy atom. The van der Waals surface area contributed by atoms with Crippen LogP contribution in [0.3, 0.4) is 0 Å². The standard InChI is InChI=1S/C18H22N2O3S/c1-11-8-12(2)16(13(3)9-11)17-14(10-15(21)22)24-18(19-17)20-4-6-23-7-5-20/h8-9H,4-7,10H2,1-3H3,(H,21,22). The first kappa shape index (κ1) is 16.9. The van der Waals surface area contributed by atoms with E-state index in [1.165, 1.54) is 16.9 Å². The van der Waals surface area contributed by atoms with Crippen LogP contribution in [0.4, 0.5) is 5.13 Å². The molecular weight excluding hydrogens is 324 g/mol. The summed E-state index contributed by atoms with van der Waals surface area (Å²) in [7, 11) is 0. The van der Waals surface area contributed by atoms with Gasteiger partial charge in [0.2, 0.25) is 0 Å². The summed E-state index contributed by atoms with van der Waals surface area (Å²) in [5, 5.41) is 10.2. The Labute approximate surface area is 145 Å². The SMILES string of the molecule is Cc1cc(C)c(-c2nc(N3CCOCC3)sc2CC(=O)O)c(C)c1. The van der Waals surface area contributed by atoms with Crippen molar-refractivity contribution in [1.29, 1.82) is 0 Å². The van der Waals surface area contributed by atoms with Crippen molar-refractivity contribution in [2.24, 2.45) is 0 Å². The third kappa shape index (κ3) is 3.44. The highest BCUT2D eigenvalue weighted by Gasteiger charge is 2.22.